The SMILES string of the molecule is O=C(c1cc2c(CC3CCOCC3)[nH]nc2cc1O)N1Cc2ccc(F)cc2C1. The Hall–Kier alpha value is -2.93. The highest BCUT2D eigenvalue weighted by Crippen LogP contribution is 2.32. The molecule has 2 aromatic carbocycles. The van der Waals surface area contributed by atoms with E-state index < -0.39 is 0 Å². The van der Waals surface area contributed by atoms with E-state index in [-0.39, 0.29) is 23.0 Å². The first kappa shape index (κ1) is 18.1. The van der Waals surface area contributed by atoms with Crippen molar-refractivity contribution in [1.82, 2.24) is 15.1 Å². The predicted octanol–water partition coefficient (Wildman–Crippen LogP) is 3.53. The normalized spacial score (nSPS) is 17.1. The van der Waals surface area contributed by atoms with Crippen molar-refractivity contribution < 1.29 is 19.0 Å². The van der Waals surface area contributed by atoms with Gasteiger partial charge in [-0.3, -0.25) is 9.89 Å². The lowest BCUT2D eigenvalue weighted by atomic mass is 9.93. The van der Waals surface area contributed by atoms with Gasteiger partial charge in [0.05, 0.1) is 11.1 Å². The summed E-state index contributed by atoms with van der Waals surface area (Å²) in [6.07, 6.45) is 2.85. The third-order valence-electron chi connectivity index (χ3n) is 5.99. The van der Waals surface area contributed by atoms with Crippen LogP contribution >= 0.6 is 0 Å². The number of hydrogen-bond donors (Lipinski definition) is 2. The van der Waals surface area contributed by atoms with Gasteiger partial charge in [0.15, 0.2) is 0 Å². The molecular weight excluding hydrogens is 373 g/mol. The van der Waals surface area contributed by atoms with E-state index in [1.165, 1.54) is 18.2 Å². The van der Waals surface area contributed by atoms with Crippen LogP contribution in [0.3, 0.4) is 0 Å². The van der Waals surface area contributed by atoms with Crippen LogP contribution < -0.4 is 0 Å². The molecule has 1 saturated heterocycles. The Labute approximate surface area is 167 Å². The lowest BCUT2D eigenvalue weighted by Gasteiger charge is -2.21. The number of rotatable bonds is 3. The number of carbonyl (C=O) groups excluding carboxylic acids is 1. The van der Waals surface area contributed by atoms with E-state index in [0.717, 1.165) is 54.7 Å². The molecule has 3 heterocycles. The van der Waals surface area contributed by atoms with Crippen molar-refractivity contribution in [2.24, 2.45) is 5.92 Å². The van der Waals surface area contributed by atoms with E-state index in [1.807, 2.05) is 0 Å². The van der Waals surface area contributed by atoms with Gasteiger partial charge in [-0.15, -0.1) is 0 Å². The third kappa shape index (κ3) is 3.35. The minimum atomic E-state index is -0.307. The molecule has 0 aliphatic carbocycles. The molecule has 0 bridgehead atoms. The third-order valence-corrected chi connectivity index (χ3v) is 5.99. The summed E-state index contributed by atoms with van der Waals surface area (Å²) in [6.45, 7) is 2.30. The molecule has 5 rings (SSSR count). The van der Waals surface area contributed by atoms with E-state index in [2.05, 4.69) is 10.2 Å². The molecule has 150 valence electrons. The number of aromatic amines is 1. The maximum Gasteiger partial charge on any atom is 0.258 e. The highest BCUT2D eigenvalue weighted by molar-refractivity contribution is 6.01. The first-order valence-electron chi connectivity index (χ1n) is 9.93. The molecule has 3 aromatic rings. The number of hydrogen-bond acceptors (Lipinski definition) is 4. The number of benzene rings is 2. The summed E-state index contributed by atoms with van der Waals surface area (Å²) in [7, 11) is 0. The molecule has 1 amide bonds. The van der Waals surface area contributed by atoms with E-state index in [9.17, 15) is 14.3 Å². The smallest absolute Gasteiger partial charge is 0.258 e. The number of nitrogens with one attached hydrogen (secondary N) is 1. The Bertz CT molecular complexity index is 1090. The van der Waals surface area contributed by atoms with Crippen LogP contribution in [0.2, 0.25) is 0 Å². The van der Waals surface area contributed by atoms with Crippen LogP contribution in [0.1, 0.15) is 40.0 Å². The van der Waals surface area contributed by atoms with Crippen LogP contribution in [0.15, 0.2) is 30.3 Å². The van der Waals surface area contributed by atoms with E-state index >= 15 is 0 Å². The van der Waals surface area contributed by atoms with Crippen molar-refractivity contribution >= 4 is 16.8 Å². The van der Waals surface area contributed by atoms with Crippen molar-refractivity contribution in [3.8, 4) is 5.75 Å². The monoisotopic (exact) mass is 395 g/mol. The second-order valence-electron chi connectivity index (χ2n) is 7.92. The molecule has 1 aromatic heterocycles. The second kappa shape index (κ2) is 7.15. The van der Waals surface area contributed by atoms with Crippen molar-refractivity contribution in [2.45, 2.75) is 32.4 Å². The Morgan fingerprint density at radius 2 is 2.00 bits per heavy atom. The Balaban J connectivity index is 1.43. The van der Waals surface area contributed by atoms with Crippen LogP contribution in [0.5, 0.6) is 5.75 Å². The van der Waals surface area contributed by atoms with E-state index in [4.69, 9.17) is 4.74 Å². The van der Waals surface area contributed by atoms with Gasteiger partial charge in [-0.2, -0.15) is 5.10 Å². The number of fused-ring (bicyclic) bond motifs is 2. The number of halogens is 1. The quantitative estimate of drug-likeness (QED) is 0.711. The predicted molar refractivity (Wildman–Crippen MR) is 105 cm³/mol. The Kier molecular flexibility index (Phi) is 4.47. The van der Waals surface area contributed by atoms with Crippen molar-refractivity contribution in [3.63, 3.8) is 0 Å². The van der Waals surface area contributed by atoms with E-state index in [1.54, 1.807) is 17.0 Å². The molecule has 0 atom stereocenters. The van der Waals surface area contributed by atoms with Gasteiger partial charge in [0.2, 0.25) is 0 Å². The lowest BCUT2D eigenvalue weighted by Crippen LogP contribution is -2.25. The van der Waals surface area contributed by atoms with Gasteiger partial charge in [0, 0.05) is 43.4 Å². The summed E-state index contributed by atoms with van der Waals surface area (Å²) in [5.74, 6) is -0.144. The molecule has 0 saturated carbocycles. The largest absolute Gasteiger partial charge is 0.507 e. The zero-order valence-corrected chi connectivity index (χ0v) is 15.9. The molecule has 29 heavy (non-hydrogen) atoms. The van der Waals surface area contributed by atoms with Crippen molar-refractivity contribution in [3.05, 3.63) is 58.5 Å². The first-order valence-corrected chi connectivity index (χ1v) is 9.93. The molecule has 0 spiro atoms. The summed E-state index contributed by atoms with van der Waals surface area (Å²) in [6, 6.07) is 7.85. The molecule has 7 heteroatoms. The van der Waals surface area contributed by atoms with Crippen molar-refractivity contribution in [1.29, 1.82) is 0 Å². The van der Waals surface area contributed by atoms with Crippen molar-refractivity contribution in [2.75, 3.05) is 13.2 Å². The zero-order valence-electron chi connectivity index (χ0n) is 15.9. The molecule has 0 radical (unpaired) electrons. The topological polar surface area (TPSA) is 78.5 Å². The number of phenols is 1. The molecule has 6 nitrogen and oxygen atoms in total. The van der Waals surface area contributed by atoms with Gasteiger partial charge in [-0.05, 0) is 54.5 Å². The summed E-state index contributed by atoms with van der Waals surface area (Å²) in [4.78, 5) is 14.7. The minimum absolute atomic E-state index is 0.0891. The Morgan fingerprint density at radius 1 is 1.21 bits per heavy atom. The van der Waals surface area contributed by atoms with Crippen LogP contribution in [0.4, 0.5) is 4.39 Å². The lowest BCUT2D eigenvalue weighted by molar-refractivity contribution is 0.0663. The maximum atomic E-state index is 13.5. The van der Waals surface area contributed by atoms with Gasteiger partial charge < -0.3 is 14.7 Å². The average molecular weight is 395 g/mol. The molecule has 2 N–H and O–H groups in total. The molecular formula is C22H22FN3O3. The van der Waals surface area contributed by atoms with Crippen LogP contribution in [-0.2, 0) is 24.2 Å². The van der Waals surface area contributed by atoms with Gasteiger partial charge >= 0.3 is 0 Å². The molecule has 0 unspecified atom stereocenters. The van der Waals surface area contributed by atoms with Crippen LogP contribution in [0, 0.1) is 11.7 Å². The number of aromatic nitrogens is 2. The van der Waals surface area contributed by atoms with Gasteiger partial charge in [0.25, 0.3) is 5.91 Å². The number of phenolic OH excluding ortho intramolecular Hbond substituents is 1. The maximum absolute atomic E-state index is 13.5. The fraction of sp³-hybridized carbons (Fsp3) is 0.364. The summed E-state index contributed by atoms with van der Waals surface area (Å²) in [5.41, 5.74) is 3.62. The number of H-pyrrole nitrogens is 1. The van der Waals surface area contributed by atoms with Crippen LogP contribution in [0.25, 0.3) is 10.9 Å². The summed E-state index contributed by atoms with van der Waals surface area (Å²) >= 11 is 0. The standard InChI is InChI=1S/C22H22FN3O3/c23-16-2-1-14-11-26(12-15(14)8-16)22(28)18-9-17-19(7-13-3-5-29-6-4-13)24-25-20(17)10-21(18)27/h1-2,8-10,13,27H,3-7,11-12H2,(H,24,25). The summed E-state index contributed by atoms with van der Waals surface area (Å²) < 4.78 is 18.9. The number of ether oxygens (including phenoxy) is 1. The molecule has 1 fully saturated rings. The Morgan fingerprint density at radius 3 is 2.83 bits per heavy atom. The van der Waals surface area contributed by atoms with Gasteiger partial charge in [-0.25, -0.2) is 4.39 Å². The first-order chi connectivity index (χ1) is 14.1. The van der Waals surface area contributed by atoms with Gasteiger partial charge in [0.1, 0.15) is 11.6 Å². The molecule has 2 aliphatic rings. The van der Waals surface area contributed by atoms with E-state index in [0.29, 0.717) is 24.5 Å². The van der Waals surface area contributed by atoms with Gasteiger partial charge in [-0.1, -0.05) is 6.07 Å². The zero-order chi connectivity index (χ0) is 20.0. The number of aromatic hydroxyl groups is 1. The minimum Gasteiger partial charge on any atom is -0.507 e. The average Bonchev–Trinajstić information content (AvgIpc) is 3.31. The second-order valence-corrected chi connectivity index (χ2v) is 7.92. The highest BCUT2D eigenvalue weighted by atomic mass is 19.1. The fourth-order valence-corrected chi connectivity index (χ4v) is 4.34. The highest BCUT2D eigenvalue weighted by Gasteiger charge is 2.27. The van der Waals surface area contributed by atoms with Crippen LogP contribution in [-0.4, -0.2) is 39.3 Å². The number of nitrogens with zero attached hydrogens (tertiary/aromatic N) is 2. The fourth-order valence-electron chi connectivity index (χ4n) is 4.34. The number of carbonyl (C=O) groups is 1. The molecule has 2 aliphatic heterocycles. The summed E-state index contributed by atoms with van der Waals surface area (Å²) in [5, 5.41) is 18.7. The number of amides is 1.